The summed E-state index contributed by atoms with van der Waals surface area (Å²) in [5, 5.41) is 18.2. The van der Waals surface area contributed by atoms with Crippen molar-refractivity contribution in [2.75, 3.05) is 13.1 Å². The van der Waals surface area contributed by atoms with Crippen molar-refractivity contribution in [1.29, 1.82) is 5.26 Å². The summed E-state index contributed by atoms with van der Waals surface area (Å²) in [4.78, 5) is -0.0936. The second-order valence-corrected chi connectivity index (χ2v) is 7.01. The highest BCUT2D eigenvalue weighted by Gasteiger charge is 2.55. The zero-order valence-electron chi connectivity index (χ0n) is 11.3. The molecule has 1 fully saturated rings. The number of hydrogen-bond acceptors (Lipinski definition) is 4. The molecule has 1 aromatic carbocycles. The van der Waals surface area contributed by atoms with Crippen molar-refractivity contribution in [2.24, 2.45) is 0 Å². The predicted molar refractivity (Wildman–Crippen MR) is 70.2 cm³/mol. The van der Waals surface area contributed by atoms with Crippen LogP contribution in [0.2, 0.25) is 0 Å². The highest BCUT2D eigenvalue weighted by atomic mass is 32.2. The Bertz CT molecular complexity index is 685. The topological polar surface area (TPSA) is 81.4 Å². The minimum absolute atomic E-state index is 0.0936. The Labute approximate surface area is 125 Å². The van der Waals surface area contributed by atoms with Crippen LogP contribution < -0.4 is 0 Å². The molecule has 0 aliphatic carbocycles. The Hall–Kier alpha value is -1.63. The van der Waals surface area contributed by atoms with E-state index >= 15 is 0 Å². The van der Waals surface area contributed by atoms with Gasteiger partial charge in [0.05, 0.1) is 16.5 Å². The van der Waals surface area contributed by atoms with Crippen LogP contribution >= 0.6 is 0 Å². The molecule has 120 valence electrons. The van der Waals surface area contributed by atoms with Gasteiger partial charge in [0.2, 0.25) is 10.0 Å². The number of sulfonamides is 1. The fourth-order valence-corrected chi connectivity index (χ4v) is 3.67. The highest BCUT2D eigenvalue weighted by molar-refractivity contribution is 7.89. The Balaban J connectivity index is 2.18. The first kappa shape index (κ1) is 16.7. The van der Waals surface area contributed by atoms with Crippen molar-refractivity contribution in [3.63, 3.8) is 0 Å². The smallest absolute Gasteiger partial charge is 0.380 e. The van der Waals surface area contributed by atoms with Gasteiger partial charge in [-0.25, -0.2) is 8.42 Å². The summed E-state index contributed by atoms with van der Waals surface area (Å²) in [6.45, 7) is -0.837. The maximum Gasteiger partial charge on any atom is 0.417 e. The normalized spacial score (nSPS) is 19.6. The number of rotatable bonds is 2. The number of nitriles is 1. The monoisotopic (exact) mass is 334 g/mol. The highest BCUT2D eigenvalue weighted by Crippen LogP contribution is 2.39. The maximum absolute atomic E-state index is 12.7. The molecule has 0 unspecified atom stereocenters. The lowest BCUT2D eigenvalue weighted by molar-refractivity contribution is -0.270. The van der Waals surface area contributed by atoms with Gasteiger partial charge in [0.15, 0.2) is 5.60 Å². The van der Waals surface area contributed by atoms with Crippen molar-refractivity contribution in [3.8, 4) is 6.07 Å². The first-order valence-corrected chi connectivity index (χ1v) is 7.84. The van der Waals surface area contributed by atoms with E-state index in [0.29, 0.717) is 0 Å². The van der Waals surface area contributed by atoms with E-state index in [1.165, 1.54) is 24.3 Å². The Morgan fingerprint density at radius 2 is 1.68 bits per heavy atom. The standard InChI is InChI=1S/C13H13F3N2O3S/c14-13(15,16)12(19)5-7-18(8-6-12)22(20,21)11-3-1-10(9-17)2-4-11/h1-4,19H,5-8H2. The van der Waals surface area contributed by atoms with E-state index in [-0.39, 0.29) is 10.5 Å². The van der Waals surface area contributed by atoms with Crippen LogP contribution in [0.3, 0.4) is 0 Å². The minimum Gasteiger partial charge on any atom is -0.380 e. The molecule has 1 saturated heterocycles. The third-order valence-electron chi connectivity index (χ3n) is 3.70. The van der Waals surface area contributed by atoms with Crippen molar-refractivity contribution < 1.29 is 26.7 Å². The van der Waals surface area contributed by atoms with E-state index in [1.807, 2.05) is 6.07 Å². The number of aliphatic hydroxyl groups is 1. The molecule has 0 saturated carbocycles. The second-order valence-electron chi connectivity index (χ2n) is 5.07. The van der Waals surface area contributed by atoms with Crippen molar-refractivity contribution in [2.45, 2.75) is 29.5 Å². The third kappa shape index (κ3) is 2.95. The summed E-state index contributed by atoms with van der Waals surface area (Å²) in [5.41, 5.74) is -2.56. The van der Waals surface area contributed by atoms with Crippen LogP contribution in [0.1, 0.15) is 18.4 Å². The molecule has 0 atom stereocenters. The number of benzene rings is 1. The largest absolute Gasteiger partial charge is 0.417 e. The number of halogens is 3. The Morgan fingerprint density at radius 3 is 2.09 bits per heavy atom. The lowest BCUT2D eigenvalue weighted by Gasteiger charge is -2.38. The first-order valence-electron chi connectivity index (χ1n) is 6.40. The van der Waals surface area contributed by atoms with Crippen molar-refractivity contribution in [1.82, 2.24) is 4.31 Å². The lowest BCUT2D eigenvalue weighted by atomic mass is 9.92. The molecule has 0 amide bonds. The van der Waals surface area contributed by atoms with Gasteiger partial charge in [0.25, 0.3) is 0 Å². The van der Waals surface area contributed by atoms with Crippen molar-refractivity contribution >= 4 is 10.0 Å². The minimum atomic E-state index is -4.78. The van der Waals surface area contributed by atoms with E-state index in [0.717, 1.165) is 4.31 Å². The summed E-state index contributed by atoms with van der Waals surface area (Å²) >= 11 is 0. The lowest BCUT2D eigenvalue weighted by Crippen LogP contribution is -2.54. The molecule has 22 heavy (non-hydrogen) atoms. The van der Waals surface area contributed by atoms with E-state index in [2.05, 4.69) is 0 Å². The summed E-state index contributed by atoms with van der Waals surface area (Å²) in [6.07, 6.45) is -6.19. The number of alkyl halides is 3. The Morgan fingerprint density at radius 1 is 1.18 bits per heavy atom. The third-order valence-corrected chi connectivity index (χ3v) is 5.61. The first-order chi connectivity index (χ1) is 10.1. The molecule has 0 bridgehead atoms. The molecule has 9 heteroatoms. The average molecular weight is 334 g/mol. The molecule has 5 nitrogen and oxygen atoms in total. The summed E-state index contributed by atoms with van der Waals surface area (Å²) in [7, 11) is -3.94. The van der Waals surface area contributed by atoms with Gasteiger partial charge >= 0.3 is 6.18 Å². The van der Waals surface area contributed by atoms with Crippen LogP contribution in [-0.2, 0) is 10.0 Å². The zero-order valence-corrected chi connectivity index (χ0v) is 12.2. The van der Waals surface area contributed by atoms with Gasteiger partial charge in [0.1, 0.15) is 0 Å². The molecule has 1 aliphatic heterocycles. The maximum atomic E-state index is 12.7. The van der Waals surface area contributed by atoms with Gasteiger partial charge in [-0.15, -0.1) is 0 Å². The van der Waals surface area contributed by atoms with Gasteiger partial charge in [-0.2, -0.15) is 22.7 Å². The van der Waals surface area contributed by atoms with Crippen LogP contribution in [0, 0.1) is 11.3 Å². The summed E-state index contributed by atoms with van der Waals surface area (Å²) in [6, 6.07) is 6.96. The predicted octanol–water partition coefficient (Wildman–Crippen LogP) is 1.64. The molecule has 0 aromatic heterocycles. The number of hydrogen-bond donors (Lipinski definition) is 1. The second kappa shape index (κ2) is 5.53. The van der Waals surface area contributed by atoms with E-state index in [4.69, 9.17) is 5.26 Å². The molecule has 2 rings (SSSR count). The Kier molecular flexibility index (Phi) is 4.21. The van der Waals surface area contributed by atoms with Crippen LogP contribution in [0.4, 0.5) is 13.2 Å². The molecular formula is C13H13F3N2O3S. The number of piperidine rings is 1. The van der Waals surface area contributed by atoms with Gasteiger partial charge in [-0.05, 0) is 37.1 Å². The van der Waals surface area contributed by atoms with Gasteiger partial charge in [0, 0.05) is 13.1 Å². The molecule has 1 aliphatic rings. The van der Waals surface area contributed by atoms with Gasteiger partial charge in [-0.3, -0.25) is 0 Å². The molecule has 0 radical (unpaired) electrons. The average Bonchev–Trinajstić information content (AvgIpc) is 2.46. The van der Waals surface area contributed by atoms with Crippen LogP contribution in [0.5, 0.6) is 0 Å². The zero-order chi connectivity index (χ0) is 16.6. The van der Waals surface area contributed by atoms with Crippen LogP contribution in [0.15, 0.2) is 29.2 Å². The fraction of sp³-hybridized carbons (Fsp3) is 0.462. The van der Waals surface area contributed by atoms with Crippen molar-refractivity contribution in [3.05, 3.63) is 29.8 Å². The summed E-state index contributed by atoms with van der Waals surface area (Å²) < 4.78 is 63.7. The molecule has 1 heterocycles. The van der Waals surface area contributed by atoms with E-state index in [9.17, 15) is 26.7 Å². The SMILES string of the molecule is N#Cc1ccc(S(=O)(=O)N2CCC(O)(C(F)(F)F)CC2)cc1. The molecule has 0 spiro atoms. The van der Waals surface area contributed by atoms with E-state index < -0.39 is 47.7 Å². The van der Waals surface area contributed by atoms with Crippen LogP contribution in [-0.4, -0.2) is 42.7 Å². The van der Waals surface area contributed by atoms with Gasteiger partial charge in [-0.1, -0.05) is 0 Å². The fourth-order valence-electron chi connectivity index (χ4n) is 2.23. The molecule has 1 aromatic rings. The summed E-state index contributed by atoms with van der Waals surface area (Å²) in [5.74, 6) is 0. The quantitative estimate of drug-likeness (QED) is 0.891. The van der Waals surface area contributed by atoms with Crippen LogP contribution in [0.25, 0.3) is 0 Å². The molecule has 1 N–H and O–H groups in total. The number of nitrogens with zero attached hydrogens (tertiary/aromatic N) is 2. The van der Waals surface area contributed by atoms with Gasteiger partial charge < -0.3 is 5.11 Å². The van der Waals surface area contributed by atoms with E-state index in [1.54, 1.807) is 0 Å². The molecular weight excluding hydrogens is 321 g/mol.